The number of nitriles is 1. The lowest BCUT2D eigenvalue weighted by Gasteiger charge is -2.11. The molecule has 0 unspecified atom stereocenters. The Morgan fingerprint density at radius 3 is 2.52 bits per heavy atom. The number of halogens is 1. The van der Waals surface area contributed by atoms with Crippen LogP contribution in [0.2, 0.25) is 0 Å². The van der Waals surface area contributed by atoms with Gasteiger partial charge in [0, 0.05) is 5.69 Å². The molecule has 0 spiro atoms. The Morgan fingerprint density at radius 1 is 1.24 bits per heavy atom. The minimum Gasteiger partial charge on any atom is -0.398 e. The number of primary sulfonamides is 1. The molecule has 21 heavy (non-hydrogen) atoms. The highest BCUT2D eigenvalue weighted by Crippen LogP contribution is 2.26. The zero-order valence-corrected chi connectivity index (χ0v) is 11.5. The Bertz CT molecular complexity index is 844. The number of rotatable bonds is 3. The fraction of sp³-hybridized carbons (Fsp3) is 0. The average Bonchev–Trinajstić information content (AvgIpc) is 2.37. The molecule has 0 bridgehead atoms. The third kappa shape index (κ3) is 3.10. The molecule has 0 aliphatic carbocycles. The molecule has 5 N–H and O–H groups in total. The second-order valence-corrected chi connectivity index (χ2v) is 5.73. The Morgan fingerprint density at radius 2 is 1.95 bits per heavy atom. The first-order valence-corrected chi connectivity index (χ1v) is 7.25. The normalized spacial score (nSPS) is 10.9. The van der Waals surface area contributed by atoms with Crippen LogP contribution in [0.25, 0.3) is 0 Å². The highest BCUT2D eigenvalue weighted by atomic mass is 32.2. The first-order chi connectivity index (χ1) is 9.82. The van der Waals surface area contributed by atoms with Crippen molar-refractivity contribution in [1.82, 2.24) is 0 Å². The number of nitrogen functional groups attached to an aromatic ring is 1. The maximum Gasteiger partial charge on any atom is 0.240 e. The Labute approximate surface area is 120 Å². The van der Waals surface area contributed by atoms with E-state index in [4.69, 9.17) is 16.1 Å². The summed E-state index contributed by atoms with van der Waals surface area (Å²) in [5.74, 6) is -0.656. The van der Waals surface area contributed by atoms with E-state index >= 15 is 0 Å². The van der Waals surface area contributed by atoms with Crippen molar-refractivity contribution >= 4 is 27.1 Å². The molecular weight excluding hydrogens is 295 g/mol. The molecule has 0 saturated carbocycles. The van der Waals surface area contributed by atoms with Gasteiger partial charge in [-0.1, -0.05) is 6.07 Å². The van der Waals surface area contributed by atoms with Gasteiger partial charge in [0.15, 0.2) is 0 Å². The maximum absolute atomic E-state index is 13.5. The van der Waals surface area contributed by atoms with E-state index in [-0.39, 0.29) is 21.8 Å². The van der Waals surface area contributed by atoms with Gasteiger partial charge in [-0.3, -0.25) is 0 Å². The monoisotopic (exact) mass is 306 g/mol. The van der Waals surface area contributed by atoms with Gasteiger partial charge in [-0.2, -0.15) is 5.26 Å². The van der Waals surface area contributed by atoms with Crippen LogP contribution in [0.5, 0.6) is 0 Å². The summed E-state index contributed by atoms with van der Waals surface area (Å²) in [5.41, 5.74) is 6.09. The largest absolute Gasteiger partial charge is 0.398 e. The molecule has 8 heteroatoms. The molecule has 6 nitrogen and oxygen atoms in total. The van der Waals surface area contributed by atoms with E-state index in [2.05, 4.69) is 5.32 Å². The average molecular weight is 306 g/mol. The first-order valence-electron chi connectivity index (χ1n) is 5.71. The highest BCUT2D eigenvalue weighted by Gasteiger charge is 2.13. The van der Waals surface area contributed by atoms with E-state index in [1.54, 1.807) is 6.07 Å². The predicted octanol–water partition coefficient (Wildman–Crippen LogP) is 1.67. The van der Waals surface area contributed by atoms with Crippen molar-refractivity contribution in [2.45, 2.75) is 4.90 Å². The molecule has 2 aromatic carbocycles. The standard InChI is InChI=1S/C13H11FN4O2S/c14-10-2-1-3-12(9(10)7-15)18-8-4-5-13(11(16)6-8)21(17,19)20/h1-6,18H,16H2,(H2,17,19,20). The van der Waals surface area contributed by atoms with Crippen LogP contribution in [0.4, 0.5) is 21.5 Å². The Balaban J connectivity index is 2.41. The van der Waals surface area contributed by atoms with E-state index in [0.29, 0.717) is 5.69 Å². The molecule has 0 aromatic heterocycles. The fourth-order valence-corrected chi connectivity index (χ4v) is 2.43. The summed E-state index contributed by atoms with van der Waals surface area (Å²) in [6, 6.07) is 9.88. The van der Waals surface area contributed by atoms with Crippen LogP contribution < -0.4 is 16.2 Å². The predicted molar refractivity (Wildman–Crippen MR) is 76.6 cm³/mol. The molecule has 108 valence electrons. The lowest BCUT2D eigenvalue weighted by atomic mass is 10.1. The van der Waals surface area contributed by atoms with Gasteiger partial charge >= 0.3 is 0 Å². The van der Waals surface area contributed by atoms with Crippen LogP contribution in [0.15, 0.2) is 41.3 Å². The minimum atomic E-state index is -3.91. The van der Waals surface area contributed by atoms with Crippen molar-refractivity contribution < 1.29 is 12.8 Å². The number of nitrogens with zero attached hydrogens (tertiary/aromatic N) is 1. The van der Waals surface area contributed by atoms with E-state index in [9.17, 15) is 12.8 Å². The SMILES string of the molecule is N#Cc1c(F)cccc1Nc1ccc(S(N)(=O)=O)c(N)c1. The van der Waals surface area contributed by atoms with Gasteiger partial charge < -0.3 is 11.1 Å². The summed E-state index contributed by atoms with van der Waals surface area (Å²) < 4.78 is 36.0. The molecule has 0 aliphatic heterocycles. The number of nitrogens with two attached hydrogens (primary N) is 2. The molecular formula is C13H11FN4O2S. The molecule has 0 amide bonds. The molecule has 2 aromatic rings. The van der Waals surface area contributed by atoms with Crippen LogP contribution in [-0.4, -0.2) is 8.42 Å². The summed E-state index contributed by atoms with van der Waals surface area (Å²) in [6.45, 7) is 0. The van der Waals surface area contributed by atoms with Crippen LogP contribution >= 0.6 is 0 Å². The molecule has 0 heterocycles. The molecule has 0 fully saturated rings. The number of nitrogens with one attached hydrogen (secondary N) is 1. The van der Waals surface area contributed by atoms with Crippen LogP contribution in [0.1, 0.15) is 5.56 Å². The van der Waals surface area contributed by atoms with Crippen molar-refractivity contribution in [2.24, 2.45) is 5.14 Å². The fourth-order valence-electron chi connectivity index (χ4n) is 1.78. The van der Waals surface area contributed by atoms with Crippen molar-refractivity contribution in [3.05, 3.63) is 47.8 Å². The van der Waals surface area contributed by atoms with Gasteiger partial charge in [-0.15, -0.1) is 0 Å². The Hall–Kier alpha value is -2.63. The third-order valence-corrected chi connectivity index (χ3v) is 3.71. The second-order valence-electron chi connectivity index (χ2n) is 4.20. The smallest absolute Gasteiger partial charge is 0.240 e. The van der Waals surface area contributed by atoms with E-state index in [1.165, 1.54) is 36.4 Å². The summed E-state index contributed by atoms with van der Waals surface area (Å²) in [7, 11) is -3.91. The third-order valence-electron chi connectivity index (χ3n) is 2.72. The number of benzene rings is 2. The van der Waals surface area contributed by atoms with Gasteiger partial charge in [0.05, 0.1) is 11.4 Å². The van der Waals surface area contributed by atoms with Crippen molar-refractivity contribution in [3.8, 4) is 6.07 Å². The van der Waals surface area contributed by atoms with Crippen LogP contribution in [0, 0.1) is 17.1 Å². The van der Waals surface area contributed by atoms with Gasteiger partial charge in [0.1, 0.15) is 22.3 Å². The zero-order chi connectivity index (χ0) is 15.6. The van der Waals surface area contributed by atoms with Gasteiger partial charge in [0.25, 0.3) is 0 Å². The summed E-state index contributed by atoms with van der Waals surface area (Å²) in [6.07, 6.45) is 0. The molecule has 0 atom stereocenters. The number of hydrogen-bond donors (Lipinski definition) is 3. The van der Waals surface area contributed by atoms with Crippen molar-refractivity contribution in [1.29, 1.82) is 5.26 Å². The summed E-state index contributed by atoms with van der Waals surface area (Å²) >= 11 is 0. The first kappa shape index (κ1) is 14.8. The topological polar surface area (TPSA) is 122 Å². The highest BCUT2D eigenvalue weighted by molar-refractivity contribution is 7.89. The van der Waals surface area contributed by atoms with E-state index < -0.39 is 15.8 Å². The molecule has 0 saturated heterocycles. The second kappa shape index (κ2) is 5.40. The van der Waals surface area contributed by atoms with Crippen molar-refractivity contribution in [3.63, 3.8) is 0 Å². The van der Waals surface area contributed by atoms with Gasteiger partial charge in [-0.05, 0) is 30.3 Å². The summed E-state index contributed by atoms with van der Waals surface area (Å²) in [4.78, 5) is -0.201. The lowest BCUT2D eigenvalue weighted by Crippen LogP contribution is -2.14. The minimum absolute atomic E-state index is 0.0441. The van der Waals surface area contributed by atoms with Crippen molar-refractivity contribution in [2.75, 3.05) is 11.1 Å². The molecule has 0 radical (unpaired) electrons. The molecule has 2 rings (SSSR count). The maximum atomic E-state index is 13.5. The Kier molecular flexibility index (Phi) is 3.80. The van der Waals surface area contributed by atoms with E-state index in [0.717, 1.165) is 0 Å². The quantitative estimate of drug-likeness (QED) is 0.744. The summed E-state index contributed by atoms with van der Waals surface area (Å²) in [5, 5.41) is 16.7. The number of sulfonamides is 1. The lowest BCUT2D eigenvalue weighted by molar-refractivity contribution is 0.598. The zero-order valence-electron chi connectivity index (χ0n) is 10.7. The van der Waals surface area contributed by atoms with Gasteiger partial charge in [0.2, 0.25) is 10.0 Å². The van der Waals surface area contributed by atoms with Crippen LogP contribution in [-0.2, 0) is 10.0 Å². The van der Waals surface area contributed by atoms with Crippen LogP contribution in [0.3, 0.4) is 0 Å². The van der Waals surface area contributed by atoms with Gasteiger partial charge in [-0.25, -0.2) is 17.9 Å². The number of hydrogen-bond acceptors (Lipinski definition) is 5. The van der Waals surface area contributed by atoms with E-state index in [1.807, 2.05) is 0 Å². The molecule has 0 aliphatic rings. The number of anilines is 3.